The topological polar surface area (TPSA) is 46.2 Å². The van der Waals surface area contributed by atoms with Gasteiger partial charge in [0, 0.05) is 36.8 Å². The van der Waals surface area contributed by atoms with Gasteiger partial charge in [0.2, 0.25) is 0 Å². The third kappa shape index (κ3) is 4.76. The molecule has 1 heterocycles. The first-order valence-corrected chi connectivity index (χ1v) is 7.14. The predicted octanol–water partition coefficient (Wildman–Crippen LogP) is 3.47. The Balaban J connectivity index is 0.00000220. The number of pyridine rings is 1. The van der Waals surface area contributed by atoms with E-state index in [0.29, 0.717) is 6.04 Å². The number of methoxy groups -OCH3 is 1. The molecule has 0 aliphatic heterocycles. The van der Waals surface area contributed by atoms with Crippen LogP contribution in [0.2, 0.25) is 0 Å². The number of fused-ring (bicyclic) bond motifs is 1. The van der Waals surface area contributed by atoms with Gasteiger partial charge in [0.05, 0.1) is 18.3 Å². The van der Waals surface area contributed by atoms with Crippen LogP contribution in [0.5, 0.6) is 5.75 Å². The van der Waals surface area contributed by atoms with Gasteiger partial charge in [-0.25, -0.2) is 0 Å². The van der Waals surface area contributed by atoms with Crippen LogP contribution in [-0.4, -0.2) is 31.2 Å². The van der Waals surface area contributed by atoms with Crippen LogP contribution in [0.25, 0.3) is 10.9 Å². The highest BCUT2D eigenvalue weighted by Gasteiger charge is 2.05. The zero-order valence-corrected chi connectivity index (χ0v) is 13.7. The molecule has 116 valence electrons. The first-order valence-electron chi connectivity index (χ1n) is 7.14. The van der Waals surface area contributed by atoms with Crippen molar-refractivity contribution in [1.82, 2.24) is 10.3 Å². The van der Waals surface area contributed by atoms with E-state index in [2.05, 4.69) is 29.5 Å². The lowest BCUT2D eigenvalue weighted by Gasteiger charge is -2.14. The van der Waals surface area contributed by atoms with Gasteiger partial charge in [0.15, 0.2) is 0 Å². The summed E-state index contributed by atoms with van der Waals surface area (Å²) < 4.78 is 5.34. The van der Waals surface area contributed by atoms with Gasteiger partial charge >= 0.3 is 0 Å². The molecule has 2 rings (SSSR count). The van der Waals surface area contributed by atoms with Crippen molar-refractivity contribution >= 4 is 29.0 Å². The molecule has 0 amide bonds. The molecular formula is C16H24ClN3O. The third-order valence-electron chi connectivity index (χ3n) is 3.46. The molecular weight excluding hydrogens is 286 g/mol. The summed E-state index contributed by atoms with van der Waals surface area (Å²) in [5.74, 6) is 0.850. The minimum atomic E-state index is 0. The van der Waals surface area contributed by atoms with Crippen molar-refractivity contribution in [3.63, 3.8) is 0 Å². The zero-order valence-electron chi connectivity index (χ0n) is 12.8. The van der Waals surface area contributed by atoms with Crippen molar-refractivity contribution in [2.45, 2.75) is 26.3 Å². The Hall–Kier alpha value is -1.52. The van der Waals surface area contributed by atoms with Crippen LogP contribution in [0.1, 0.15) is 20.3 Å². The van der Waals surface area contributed by atoms with Gasteiger partial charge in [0.1, 0.15) is 5.75 Å². The number of hydrogen-bond donors (Lipinski definition) is 2. The number of halogens is 1. The van der Waals surface area contributed by atoms with Crippen molar-refractivity contribution in [1.29, 1.82) is 0 Å². The van der Waals surface area contributed by atoms with E-state index >= 15 is 0 Å². The Morgan fingerprint density at radius 1 is 1.29 bits per heavy atom. The van der Waals surface area contributed by atoms with E-state index in [9.17, 15) is 0 Å². The van der Waals surface area contributed by atoms with Gasteiger partial charge in [-0.3, -0.25) is 4.98 Å². The van der Waals surface area contributed by atoms with Crippen LogP contribution in [0, 0.1) is 0 Å². The van der Waals surface area contributed by atoms with Gasteiger partial charge in [-0.1, -0.05) is 13.0 Å². The fourth-order valence-corrected chi connectivity index (χ4v) is 2.08. The Bertz CT molecular complexity index is 562. The maximum Gasteiger partial charge on any atom is 0.121 e. The van der Waals surface area contributed by atoms with Crippen molar-refractivity contribution in [2.75, 3.05) is 25.5 Å². The van der Waals surface area contributed by atoms with E-state index in [1.807, 2.05) is 30.5 Å². The van der Waals surface area contributed by atoms with Crippen LogP contribution in [-0.2, 0) is 0 Å². The van der Waals surface area contributed by atoms with E-state index in [4.69, 9.17) is 4.74 Å². The summed E-state index contributed by atoms with van der Waals surface area (Å²) in [6, 6.07) is 8.55. The molecule has 4 nitrogen and oxygen atoms in total. The average molecular weight is 310 g/mol. The Morgan fingerprint density at radius 3 is 2.81 bits per heavy atom. The third-order valence-corrected chi connectivity index (χ3v) is 3.46. The standard InChI is InChI=1S/C16H23N3O.ClH/c1-4-12(2)17-8-9-18-15-11-14(20-3)10-13-6-5-7-19-16(13)15;/h5-7,10-12,17-18H,4,8-9H2,1-3H3;1H. The van der Waals surface area contributed by atoms with E-state index in [-0.39, 0.29) is 12.4 Å². The highest BCUT2D eigenvalue weighted by atomic mass is 35.5. The fraction of sp³-hybridized carbons (Fsp3) is 0.438. The van der Waals surface area contributed by atoms with Gasteiger partial charge in [0.25, 0.3) is 0 Å². The molecule has 0 spiro atoms. The van der Waals surface area contributed by atoms with E-state index < -0.39 is 0 Å². The van der Waals surface area contributed by atoms with Gasteiger partial charge < -0.3 is 15.4 Å². The smallest absolute Gasteiger partial charge is 0.121 e. The zero-order chi connectivity index (χ0) is 14.4. The maximum absolute atomic E-state index is 5.34. The maximum atomic E-state index is 5.34. The number of benzene rings is 1. The normalized spacial score (nSPS) is 11.8. The van der Waals surface area contributed by atoms with Crippen molar-refractivity contribution in [3.8, 4) is 5.75 Å². The molecule has 0 fully saturated rings. The van der Waals surface area contributed by atoms with E-state index in [1.54, 1.807) is 7.11 Å². The number of rotatable bonds is 7. The van der Waals surface area contributed by atoms with Crippen LogP contribution in [0.15, 0.2) is 30.5 Å². The van der Waals surface area contributed by atoms with Crippen LogP contribution in [0.4, 0.5) is 5.69 Å². The second-order valence-corrected chi connectivity index (χ2v) is 4.94. The van der Waals surface area contributed by atoms with Gasteiger partial charge in [-0.05, 0) is 25.5 Å². The number of nitrogens with one attached hydrogen (secondary N) is 2. The van der Waals surface area contributed by atoms with Gasteiger partial charge in [-0.2, -0.15) is 0 Å². The summed E-state index contributed by atoms with van der Waals surface area (Å²) in [4.78, 5) is 4.45. The number of aromatic nitrogens is 1. The highest BCUT2D eigenvalue weighted by Crippen LogP contribution is 2.27. The number of anilines is 1. The van der Waals surface area contributed by atoms with Crippen LogP contribution in [0.3, 0.4) is 0 Å². The summed E-state index contributed by atoms with van der Waals surface area (Å²) >= 11 is 0. The number of ether oxygens (including phenoxy) is 1. The molecule has 0 saturated carbocycles. The summed E-state index contributed by atoms with van der Waals surface area (Å²) in [6.07, 6.45) is 2.96. The van der Waals surface area contributed by atoms with Gasteiger partial charge in [-0.15, -0.1) is 12.4 Å². The highest BCUT2D eigenvalue weighted by molar-refractivity contribution is 5.91. The molecule has 1 unspecified atom stereocenters. The molecule has 2 N–H and O–H groups in total. The summed E-state index contributed by atoms with van der Waals surface area (Å²) in [5.41, 5.74) is 2.00. The average Bonchev–Trinajstić information content (AvgIpc) is 2.50. The SMILES string of the molecule is CCC(C)NCCNc1cc(OC)cc2cccnc12.Cl. The molecule has 5 heteroatoms. The largest absolute Gasteiger partial charge is 0.497 e. The first-order chi connectivity index (χ1) is 9.74. The Kier molecular flexibility index (Phi) is 7.26. The van der Waals surface area contributed by atoms with E-state index in [1.165, 1.54) is 0 Å². The number of hydrogen-bond acceptors (Lipinski definition) is 4. The predicted molar refractivity (Wildman–Crippen MR) is 91.8 cm³/mol. The second-order valence-electron chi connectivity index (χ2n) is 4.94. The minimum absolute atomic E-state index is 0. The summed E-state index contributed by atoms with van der Waals surface area (Å²) in [5, 5.41) is 7.99. The summed E-state index contributed by atoms with van der Waals surface area (Å²) in [6.45, 7) is 6.18. The lowest BCUT2D eigenvalue weighted by Crippen LogP contribution is -2.30. The number of nitrogens with zero attached hydrogens (tertiary/aromatic N) is 1. The van der Waals surface area contributed by atoms with Crippen molar-refractivity contribution in [2.24, 2.45) is 0 Å². The minimum Gasteiger partial charge on any atom is -0.497 e. The lowest BCUT2D eigenvalue weighted by atomic mass is 10.1. The fourth-order valence-electron chi connectivity index (χ4n) is 2.08. The van der Waals surface area contributed by atoms with Crippen LogP contribution < -0.4 is 15.4 Å². The molecule has 0 radical (unpaired) electrons. The quantitative estimate of drug-likeness (QED) is 0.769. The van der Waals surface area contributed by atoms with Crippen molar-refractivity contribution < 1.29 is 4.74 Å². The second kappa shape index (κ2) is 8.70. The Labute approximate surface area is 132 Å². The monoisotopic (exact) mass is 309 g/mol. The first kappa shape index (κ1) is 17.5. The molecule has 0 bridgehead atoms. The molecule has 0 aliphatic carbocycles. The molecule has 1 aromatic heterocycles. The molecule has 0 saturated heterocycles. The molecule has 1 aromatic carbocycles. The molecule has 1 atom stereocenters. The lowest BCUT2D eigenvalue weighted by molar-refractivity contribution is 0.415. The van der Waals surface area contributed by atoms with E-state index in [0.717, 1.165) is 41.9 Å². The Morgan fingerprint density at radius 2 is 2.10 bits per heavy atom. The summed E-state index contributed by atoms with van der Waals surface area (Å²) in [7, 11) is 1.69. The molecule has 21 heavy (non-hydrogen) atoms. The molecule has 0 aliphatic rings. The van der Waals surface area contributed by atoms with Crippen LogP contribution >= 0.6 is 12.4 Å². The van der Waals surface area contributed by atoms with Crippen molar-refractivity contribution in [3.05, 3.63) is 30.5 Å². The molecule has 2 aromatic rings.